The SMILES string of the molecule is COc1ccc2nc(N3C(=O)C(=O)/C(=C(/O)c4ccncc4)C3c3cccc(Cl)c3)sc2c1. The molecule has 2 aromatic heterocycles. The van der Waals surface area contributed by atoms with Crippen molar-refractivity contribution in [2.24, 2.45) is 0 Å². The average Bonchev–Trinajstić information content (AvgIpc) is 3.37. The number of Topliss-reactive ketones (excluding diaryl/α,β-unsaturated/α-hetero) is 1. The van der Waals surface area contributed by atoms with Crippen LogP contribution in [0.1, 0.15) is 17.2 Å². The third-order valence-electron chi connectivity index (χ3n) is 5.35. The Labute approximate surface area is 197 Å². The summed E-state index contributed by atoms with van der Waals surface area (Å²) < 4.78 is 6.08. The quantitative estimate of drug-likeness (QED) is 0.253. The summed E-state index contributed by atoms with van der Waals surface area (Å²) in [6, 6.07) is 14.5. The van der Waals surface area contributed by atoms with E-state index in [2.05, 4.69) is 9.97 Å². The van der Waals surface area contributed by atoms with Crippen LogP contribution in [0.5, 0.6) is 5.75 Å². The van der Waals surface area contributed by atoms with E-state index >= 15 is 0 Å². The number of anilines is 1. The summed E-state index contributed by atoms with van der Waals surface area (Å²) in [5.41, 5.74) is 1.58. The highest BCUT2D eigenvalue weighted by Gasteiger charge is 2.48. The van der Waals surface area contributed by atoms with Crippen LogP contribution < -0.4 is 9.64 Å². The number of fused-ring (bicyclic) bond motifs is 1. The standard InChI is InChI=1S/C24H16ClN3O4S/c1-32-16-5-6-17-18(12-16)33-24(27-17)28-20(14-3-2-4-15(25)11-14)19(22(30)23(28)31)21(29)13-7-9-26-10-8-13/h2-12,20,29H,1H3/b21-19+. The number of ether oxygens (including phenoxy) is 1. The zero-order valence-electron chi connectivity index (χ0n) is 17.2. The van der Waals surface area contributed by atoms with Gasteiger partial charge in [0, 0.05) is 23.0 Å². The molecule has 164 valence electrons. The van der Waals surface area contributed by atoms with Crippen LogP contribution in [-0.2, 0) is 9.59 Å². The summed E-state index contributed by atoms with van der Waals surface area (Å²) in [7, 11) is 1.57. The molecule has 0 saturated carbocycles. The Morgan fingerprint density at radius 3 is 2.64 bits per heavy atom. The Morgan fingerprint density at radius 1 is 1.12 bits per heavy atom. The number of nitrogens with zero attached hydrogens (tertiary/aromatic N) is 3. The summed E-state index contributed by atoms with van der Waals surface area (Å²) in [6.45, 7) is 0. The van der Waals surface area contributed by atoms with E-state index in [1.165, 1.54) is 28.6 Å². The molecule has 1 amide bonds. The van der Waals surface area contributed by atoms with Gasteiger partial charge < -0.3 is 9.84 Å². The number of aliphatic hydroxyl groups excluding tert-OH is 1. The van der Waals surface area contributed by atoms with E-state index in [4.69, 9.17) is 16.3 Å². The summed E-state index contributed by atoms with van der Waals surface area (Å²) in [6.07, 6.45) is 3.00. The molecule has 0 radical (unpaired) electrons. The van der Waals surface area contributed by atoms with Crippen LogP contribution in [0.4, 0.5) is 5.13 Å². The minimum absolute atomic E-state index is 0.0368. The van der Waals surface area contributed by atoms with Gasteiger partial charge in [0.25, 0.3) is 5.78 Å². The highest BCUT2D eigenvalue weighted by atomic mass is 35.5. The number of thiazole rings is 1. The number of pyridine rings is 1. The number of rotatable bonds is 4. The van der Waals surface area contributed by atoms with Gasteiger partial charge in [-0.15, -0.1) is 0 Å². The van der Waals surface area contributed by atoms with E-state index in [-0.39, 0.29) is 11.3 Å². The monoisotopic (exact) mass is 477 g/mol. The van der Waals surface area contributed by atoms with Crippen LogP contribution in [-0.4, -0.2) is 33.9 Å². The van der Waals surface area contributed by atoms with Crippen molar-refractivity contribution in [2.75, 3.05) is 12.0 Å². The Hall–Kier alpha value is -3.75. The zero-order valence-corrected chi connectivity index (χ0v) is 18.8. The fraction of sp³-hybridized carbons (Fsp3) is 0.0833. The van der Waals surface area contributed by atoms with Crippen molar-refractivity contribution < 1.29 is 19.4 Å². The van der Waals surface area contributed by atoms with Crippen LogP contribution in [0.3, 0.4) is 0 Å². The third-order valence-corrected chi connectivity index (χ3v) is 6.61. The van der Waals surface area contributed by atoms with E-state index in [1.54, 1.807) is 55.6 Å². The molecule has 2 aromatic carbocycles. The molecule has 1 saturated heterocycles. The topological polar surface area (TPSA) is 92.6 Å². The lowest BCUT2D eigenvalue weighted by molar-refractivity contribution is -0.132. The maximum atomic E-state index is 13.2. The first-order valence-electron chi connectivity index (χ1n) is 9.89. The molecule has 1 atom stereocenters. The number of hydrogen-bond donors (Lipinski definition) is 1. The molecule has 1 aliphatic heterocycles. The van der Waals surface area contributed by atoms with Gasteiger partial charge in [-0.2, -0.15) is 0 Å². The number of benzene rings is 2. The van der Waals surface area contributed by atoms with Crippen molar-refractivity contribution in [1.82, 2.24) is 9.97 Å². The van der Waals surface area contributed by atoms with Gasteiger partial charge in [0.05, 0.1) is 28.9 Å². The largest absolute Gasteiger partial charge is 0.507 e. The lowest BCUT2D eigenvalue weighted by Gasteiger charge is -2.23. The number of aliphatic hydroxyl groups is 1. The maximum absolute atomic E-state index is 13.2. The molecule has 5 rings (SSSR count). The lowest BCUT2D eigenvalue weighted by Crippen LogP contribution is -2.29. The summed E-state index contributed by atoms with van der Waals surface area (Å²) in [4.78, 5) is 36.3. The number of aromatic nitrogens is 2. The molecule has 7 nitrogen and oxygen atoms in total. The van der Waals surface area contributed by atoms with Crippen molar-refractivity contribution in [2.45, 2.75) is 6.04 Å². The minimum atomic E-state index is -0.903. The predicted molar refractivity (Wildman–Crippen MR) is 127 cm³/mol. The normalized spacial score (nSPS) is 17.6. The first kappa shape index (κ1) is 21.1. The molecule has 1 fully saturated rings. The minimum Gasteiger partial charge on any atom is -0.507 e. The second-order valence-electron chi connectivity index (χ2n) is 7.29. The summed E-state index contributed by atoms with van der Waals surface area (Å²) in [5, 5.41) is 11.8. The fourth-order valence-electron chi connectivity index (χ4n) is 3.81. The van der Waals surface area contributed by atoms with Crippen LogP contribution in [0.2, 0.25) is 5.02 Å². The van der Waals surface area contributed by atoms with Crippen LogP contribution in [0.25, 0.3) is 16.0 Å². The van der Waals surface area contributed by atoms with E-state index < -0.39 is 17.7 Å². The number of carbonyl (C=O) groups is 2. The molecule has 1 unspecified atom stereocenters. The van der Waals surface area contributed by atoms with E-state index in [1.807, 2.05) is 6.07 Å². The number of ketones is 1. The zero-order chi connectivity index (χ0) is 23.1. The van der Waals surface area contributed by atoms with Gasteiger partial charge in [-0.3, -0.25) is 19.5 Å². The second kappa shape index (κ2) is 8.31. The molecule has 1 N–H and O–H groups in total. The molecule has 9 heteroatoms. The van der Waals surface area contributed by atoms with Crippen molar-refractivity contribution in [3.8, 4) is 5.75 Å². The smallest absolute Gasteiger partial charge is 0.301 e. The molecular weight excluding hydrogens is 462 g/mol. The molecule has 4 aromatic rings. The lowest BCUT2D eigenvalue weighted by atomic mass is 9.96. The molecule has 0 aliphatic carbocycles. The molecule has 33 heavy (non-hydrogen) atoms. The predicted octanol–water partition coefficient (Wildman–Crippen LogP) is 4.98. The van der Waals surface area contributed by atoms with Gasteiger partial charge in [0.2, 0.25) is 0 Å². The Bertz CT molecular complexity index is 1430. The third kappa shape index (κ3) is 3.63. The maximum Gasteiger partial charge on any atom is 0.301 e. The van der Waals surface area contributed by atoms with E-state index in [9.17, 15) is 14.7 Å². The van der Waals surface area contributed by atoms with Crippen LogP contribution in [0, 0.1) is 0 Å². The van der Waals surface area contributed by atoms with Gasteiger partial charge in [-0.25, -0.2) is 4.98 Å². The van der Waals surface area contributed by atoms with E-state index in [0.717, 1.165) is 4.70 Å². The van der Waals surface area contributed by atoms with Crippen LogP contribution >= 0.6 is 22.9 Å². The fourth-order valence-corrected chi connectivity index (χ4v) is 5.03. The molecular formula is C24H16ClN3O4S. The number of hydrogen-bond acceptors (Lipinski definition) is 7. The molecule has 3 heterocycles. The van der Waals surface area contributed by atoms with Gasteiger partial charge in [-0.05, 0) is 48.0 Å². The number of halogens is 1. The first-order valence-corrected chi connectivity index (χ1v) is 11.1. The van der Waals surface area contributed by atoms with Crippen molar-refractivity contribution >= 4 is 55.7 Å². The van der Waals surface area contributed by atoms with Crippen molar-refractivity contribution in [1.29, 1.82) is 0 Å². The Morgan fingerprint density at radius 2 is 1.91 bits per heavy atom. The number of amides is 1. The van der Waals surface area contributed by atoms with Crippen LogP contribution in [0.15, 0.2) is 72.6 Å². The Kier molecular flexibility index (Phi) is 5.32. The van der Waals surface area contributed by atoms with Gasteiger partial charge in [0.15, 0.2) is 5.13 Å². The highest BCUT2D eigenvalue weighted by molar-refractivity contribution is 7.22. The molecule has 1 aliphatic rings. The van der Waals surface area contributed by atoms with Gasteiger partial charge in [-0.1, -0.05) is 35.1 Å². The molecule has 0 bridgehead atoms. The van der Waals surface area contributed by atoms with Crippen molar-refractivity contribution in [3.05, 3.63) is 88.7 Å². The highest BCUT2D eigenvalue weighted by Crippen LogP contribution is 2.44. The number of methoxy groups -OCH3 is 1. The number of carbonyl (C=O) groups excluding carboxylic acids is 2. The Balaban J connectivity index is 1.73. The average molecular weight is 478 g/mol. The summed E-state index contributed by atoms with van der Waals surface area (Å²) >= 11 is 7.49. The van der Waals surface area contributed by atoms with Gasteiger partial charge >= 0.3 is 5.91 Å². The second-order valence-corrected chi connectivity index (χ2v) is 8.74. The van der Waals surface area contributed by atoms with E-state index in [0.29, 0.717) is 32.5 Å². The van der Waals surface area contributed by atoms with Gasteiger partial charge in [0.1, 0.15) is 11.5 Å². The van der Waals surface area contributed by atoms with Crippen molar-refractivity contribution in [3.63, 3.8) is 0 Å². The molecule has 0 spiro atoms. The summed E-state index contributed by atoms with van der Waals surface area (Å²) in [5.74, 6) is -1.21. The first-order chi connectivity index (χ1) is 16.0.